The Labute approximate surface area is 221 Å². The first-order valence-electron chi connectivity index (χ1n) is 12.6. The van der Waals surface area contributed by atoms with Crippen molar-refractivity contribution >= 4 is 41.1 Å². The Balaban J connectivity index is 1.63. The van der Waals surface area contributed by atoms with Crippen LogP contribution in [-0.4, -0.2) is 58.8 Å². The molecular weight excluding hydrogens is 488 g/mol. The molecule has 0 bridgehead atoms. The Bertz CT molecular complexity index is 1170. The first-order chi connectivity index (χ1) is 18.3. The Kier molecular flexibility index (Phi) is 10.1. The van der Waals surface area contributed by atoms with Crippen LogP contribution in [0, 0.1) is 0 Å². The van der Waals surface area contributed by atoms with Crippen LogP contribution in [0.4, 0.5) is 17.5 Å². The molecule has 1 fully saturated rings. The van der Waals surface area contributed by atoms with Crippen LogP contribution in [0.25, 0.3) is 0 Å². The summed E-state index contributed by atoms with van der Waals surface area (Å²) in [5.41, 5.74) is 6.64. The number of rotatable bonds is 12. The molecule has 1 aliphatic carbocycles. The summed E-state index contributed by atoms with van der Waals surface area (Å²) in [5.74, 6) is -0.839. The number of carbonyl (C=O) groups excluding carboxylic acids is 4. The van der Waals surface area contributed by atoms with E-state index < -0.39 is 11.8 Å². The summed E-state index contributed by atoms with van der Waals surface area (Å²) >= 11 is 0. The van der Waals surface area contributed by atoms with E-state index in [2.05, 4.69) is 43.1 Å². The Morgan fingerprint density at radius 3 is 2.47 bits per heavy atom. The SMILES string of the molecule is C=CC(=O)NCC(=O)NC1CCCC(NC(=O)c2cnc(Nc3ccc(C(N)=O)cc3)nc2NCCC)C1. The van der Waals surface area contributed by atoms with Gasteiger partial charge in [-0.15, -0.1) is 0 Å². The minimum atomic E-state index is -0.516. The van der Waals surface area contributed by atoms with E-state index in [0.29, 0.717) is 35.6 Å². The quantitative estimate of drug-likeness (QED) is 0.227. The summed E-state index contributed by atoms with van der Waals surface area (Å²) in [4.78, 5) is 56.6. The lowest BCUT2D eigenvalue weighted by Crippen LogP contribution is -2.48. The van der Waals surface area contributed by atoms with Gasteiger partial charge in [0.1, 0.15) is 11.4 Å². The fourth-order valence-corrected chi connectivity index (χ4v) is 4.07. The van der Waals surface area contributed by atoms with Crippen molar-refractivity contribution in [2.45, 2.75) is 51.1 Å². The lowest BCUT2D eigenvalue weighted by molar-refractivity contribution is -0.124. The molecule has 0 aliphatic heterocycles. The second-order valence-electron chi connectivity index (χ2n) is 8.97. The van der Waals surface area contributed by atoms with E-state index in [1.165, 1.54) is 6.20 Å². The van der Waals surface area contributed by atoms with E-state index in [9.17, 15) is 19.2 Å². The molecule has 2 atom stereocenters. The molecule has 202 valence electrons. The minimum Gasteiger partial charge on any atom is -0.369 e. The molecule has 1 aliphatic rings. The molecule has 0 spiro atoms. The van der Waals surface area contributed by atoms with Gasteiger partial charge >= 0.3 is 0 Å². The van der Waals surface area contributed by atoms with Gasteiger partial charge in [0.15, 0.2) is 0 Å². The molecule has 1 aromatic heterocycles. The highest BCUT2D eigenvalue weighted by atomic mass is 16.2. The van der Waals surface area contributed by atoms with Crippen molar-refractivity contribution in [1.82, 2.24) is 25.9 Å². The van der Waals surface area contributed by atoms with E-state index in [1.807, 2.05) is 6.92 Å². The number of nitrogens with one attached hydrogen (secondary N) is 5. The number of benzene rings is 1. The zero-order chi connectivity index (χ0) is 27.5. The summed E-state index contributed by atoms with van der Waals surface area (Å²) in [5, 5.41) is 14.7. The number of carbonyl (C=O) groups is 4. The maximum absolute atomic E-state index is 13.2. The second kappa shape index (κ2) is 13.7. The number of amides is 4. The van der Waals surface area contributed by atoms with E-state index in [-0.39, 0.29) is 36.4 Å². The molecule has 4 amide bonds. The zero-order valence-electron chi connectivity index (χ0n) is 21.4. The topological polar surface area (TPSA) is 180 Å². The Morgan fingerprint density at radius 1 is 1.11 bits per heavy atom. The first-order valence-corrected chi connectivity index (χ1v) is 12.6. The van der Waals surface area contributed by atoms with E-state index in [0.717, 1.165) is 31.8 Å². The summed E-state index contributed by atoms with van der Waals surface area (Å²) in [6.07, 6.45) is 6.39. The number of hydrogen-bond acceptors (Lipinski definition) is 8. The van der Waals surface area contributed by atoms with Gasteiger partial charge in [-0.1, -0.05) is 13.5 Å². The molecule has 0 radical (unpaired) electrons. The van der Waals surface area contributed by atoms with Crippen LogP contribution in [-0.2, 0) is 9.59 Å². The molecule has 1 aromatic carbocycles. The molecular formula is C26H34N8O4. The van der Waals surface area contributed by atoms with Crippen LogP contribution in [0.2, 0.25) is 0 Å². The number of aromatic nitrogens is 2. The number of primary amides is 1. The highest BCUT2D eigenvalue weighted by Gasteiger charge is 2.26. The van der Waals surface area contributed by atoms with Crippen molar-refractivity contribution in [2.24, 2.45) is 5.73 Å². The molecule has 1 heterocycles. The molecule has 3 rings (SSSR count). The van der Waals surface area contributed by atoms with Gasteiger partial charge in [0, 0.05) is 36.1 Å². The normalized spacial score (nSPS) is 16.6. The standard InChI is InChI=1S/C26H34N8O4/c1-3-12-28-24-20(14-30-26(34-24)33-17-10-8-16(9-11-17)23(27)37)25(38)32-19-7-5-6-18(13-19)31-22(36)15-29-21(35)4-2/h4,8-11,14,18-19H,2-3,5-7,12-13,15H2,1H3,(H2,27,37)(H,29,35)(H,31,36)(H,32,38)(H2,28,30,33,34). The smallest absolute Gasteiger partial charge is 0.256 e. The van der Waals surface area contributed by atoms with Crippen LogP contribution in [0.15, 0.2) is 43.1 Å². The monoisotopic (exact) mass is 522 g/mol. The third kappa shape index (κ3) is 8.29. The fourth-order valence-electron chi connectivity index (χ4n) is 4.07. The van der Waals surface area contributed by atoms with E-state index >= 15 is 0 Å². The van der Waals surface area contributed by atoms with Crippen LogP contribution in [0.1, 0.15) is 59.7 Å². The number of nitrogens with zero attached hydrogens (tertiary/aromatic N) is 2. The predicted molar refractivity (Wildman–Crippen MR) is 144 cm³/mol. The third-order valence-corrected chi connectivity index (χ3v) is 5.98. The summed E-state index contributed by atoms with van der Waals surface area (Å²) in [6.45, 7) is 5.85. The average Bonchev–Trinajstić information content (AvgIpc) is 2.91. The van der Waals surface area contributed by atoms with Crippen LogP contribution >= 0.6 is 0 Å². The van der Waals surface area contributed by atoms with Crippen molar-refractivity contribution in [2.75, 3.05) is 23.7 Å². The molecule has 2 unspecified atom stereocenters. The highest BCUT2D eigenvalue weighted by molar-refractivity contribution is 5.99. The van der Waals surface area contributed by atoms with Gasteiger partial charge in [0.25, 0.3) is 5.91 Å². The predicted octanol–water partition coefficient (Wildman–Crippen LogP) is 1.60. The molecule has 12 nitrogen and oxygen atoms in total. The number of hydrogen-bond donors (Lipinski definition) is 6. The fraction of sp³-hybridized carbons (Fsp3) is 0.385. The first kappa shape index (κ1) is 28.1. The van der Waals surface area contributed by atoms with Crippen LogP contribution in [0.5, 0.6) is 0 Å². The van der Waals surface area contributed by atoms with Gasteiger partial charge in [-0.2, -0.15) is 4.98 Å². The zero-order valence-corrected chi connectivity index (χ0v) is 21.4. The summed E-state index contributed by atoms with van der Waals surface area (Å²) in [7, 11) is 0. The molecule has 1 saturated carbocycles. The molecule has 38 heavy (non-hydrogen) atoms. The largest absolute Gasteiger partial charge is 0.369 e. The number of anilines is 3. The van der Waals surface area contributed by atoms with Gasteiger partial charge in [0.05, 0.1) is 6.54 Å². The second-order valence-corrected chi connectivity index (χ2v) is 8.97. The van der Waals surface area contributed by atoms with Crippen LogP contribution < -0.4 is 32.3 Å². The van der Waals surface area contributed by atoms with Crippen molar-refractivity contribution < 1.29 is 19.2 Å². The van der Waals surface area contributed by atoms with Crippen molar-refractivity contribution in [1.29, 1.82) is 0 Å². The Hall–Kier alpha value is -4.48. The molecule has 7 N–H and O–H groups in total. The number of nitrogens with two attached hydrogens (primary N) is 1. The maximum atomic E-state index is 13.2. The highest BCUT2D eigenvalue weighted by Crippen LogP contribution is 2.22. The van der Waals surface area contributed by atoms with Gasteiger partial charge in [0.2, 0.25) is 23.7 Å². The van der Waals surface area contributed by atoms with Gasteiger partial charge < -0.3 is 32.3 Å². The van der Waals surface area contributed by atoms with E-state index in [1.54, 1.807) is 24.3 Å². The van der Waals surface area contributed by atoms with E-state index in [4.69, 9.17) is 5.73 Å². The molecule has 2 aromatic rings. The lowest BCUT2D eigenvalue weighted by Gasteiger charge is -2.30. The summed E-state index contributed by atoms with van der Waals surface area (Å²) in [6, 6.07) is 6.33. The lowest BCUT2D eigenvalue weighted by atomic mass is 9.90. The summed E-state index contributed by atoms with van der Waals surface area (Å²) < 4.78 is 0. The van der Waals surface area contributed by atoms with Crippen molar-refractivity contribution in [3.8, 4) is 0 Å². The molecule has 12 heteroatoms. The van der Waals surface area contributed by atoms with Gasteiger partial charge in [-0.3, -0.25) is 19.2 Å². The van der Waals surface area contributed by atoms with Gasteiger partial charge in [-0.05, 0) is 62.4 Å². The van der Waals surface area contributed by atoms with Gasteiger partial charge in [-0.25, -0.2) is 4.98 Å². The Morgan fingerprint density at radius 2 is 1.82 bits per heavy atom. The molecule has 0 saturated heterocycles. The third-order valence-electron chi connectivity index (χ3n) is 5.98. The van der Waals surface area contributed by atoms with Crippen molar-refractivity contribution in [3.63, 3.8) is 0 Å². The van der Waals surface area contributed by atoms with Crippen LogP contribution in [0.3, 0.4) is 0 Å². The average molecular weight is 523 g/mol. The minimum absolute atomic E-state index is 0.108. The maximum Gasteiger partial charge on any atom is 0.256 e. The van der Waals surface area contributed by atoms with Crippen molar-refractivity contribution in [3.05, 3.63) is 54.2 Å².